The Balaban J connectivity index is 3.01. The predicted octanol–water partition coefficient (Wildman–Crippen LogP) is 3.73. The van der Waals surface area contributed by atoms with Crippen LogP contribution in [0.25, 0.3) is 0 Å². The molecule has 106 valence electrons. The molecule has 0 aliphatic heterocycles. The lowest BCUT2D eigenvalue weighted by atomic mass is 9.93. The molecule has 1 aromatic carbocycles. The van der Waals surface area contributed by atoms with Crippen LogP contribution in [0.1, 0.15) is 31.9 Å². The van der Waals surface area contributed by atoms with Gasteiger partial charge in [0.05, 0.1) is 4.92 Å². The predicted molar refractivity (Wildman–Crippen MR) is 78.9 cm³/mol. The van der Waals surface area contributed by atoms with E-state index in [-0.39, 0.29) is 10.7 Å². The molecule has 1 N–H and O–H groups in total. The minimum absolute atomic E-state index is 0.0209. The van der Waals surface area contributed by atoms with E-state index in [1.807, 2.05) is 6.92 Å². The molecular formula is C14H21ClN2O2. The maximum Gasteiger partial charge on any atom is 0.288 e. The zero-order valence-electron chi connectivity index (χ0n) is 11.9. The zero-order valence-corrected chi connectivity index (χ0v) is 12.6. The first-order valence-corrected chi connectivity index (χ1v) is 6.91. The first kappa shape index (κ1) is 15.9. The minimum atomic E-state index is -0.441. The lowest BCUT2D eigenvalue weighted by molar-refractivity contribution is -0.384. The second-order valence-corrected chi connectivity index (χ2v) is 5.51. The van der Waals surface area contributed by atoms with E-state index < -0.39 is 4.92 Å². The van der Waals surface area contributed by atoms with Crippen LogP contribution in [-0.4, -0.2) is 17.5 Å². The third kappa shape index (κ3) is 4.18. The van der Waals surface area contributed by atoms with Gasteiger partial charge in [-0.3, -0.25) is 10.1 Å². The molecule has 19 heavy (non-hydrogen) atoms. The molecule has 0 amide bonds. The van der Waals surface area contributed by atoms with E-state index >= 15 is 0 Å². The van der Waals surface area contributed by atoms with Crippen molar-refractivity contribution in [2.24, 2.45) is 5.92 Å². The lowest BCUT2D eigenvalue weighted by Crippen LogP contribution is -2.35. The smallest absolute Gasteiger partial charge is 0.288 e. The lowest BCUT2D eigenvalue weighted by Gasteiger charge is -2.22. The van der Waals surface area contributed by atoms with Gasteiger partial charge in [-0.05, 0) is 43.0 Å². The van der Waals surface area contributed by atoms with Crippen molar-refractivity contribution in [1.29, 1.82) is 0 Å². The van der Waals surface area contributed by atoms with Gasteiger partial charge in [-0.25, -0.2) is 0 Å². The van der Waals surface area contributed by atoms with Gasteiger partial charge in [-0.1, -0.05) is 32.4 Å². The largest absolute Gasteiger partial charge is 0.314 e. The first-order chi connectivity index (χ1) is 8.86. The number of aryl methyl sites for hydroxylation is 1. The number of benzene rings is 1. The molecule has 4 nitrogen and oxygen atoms in total. The van der Waals surface area contributed by atoms with Crippen molar-refractivity contribution in [1.82, 2.24) is 5.32 Å². The Labute approximate surface area is 119 Å². The van der Waals surface area contributed by atoms with E-state index in [9.17, 15) is 10.1 Å². The normalized spacial score (nSPS) is 12.7. The second-order valence-electron chi connectivity index (χ2n) is 5.10. The summed E-state index contributed by atoms with van der Waals surface area (Å²) < 4.78 is 0. The molecule has 0 aromatic heterocycles. The highest BCUT2D eigenvalue weighted by Crippen LogP contribution is 2.28. The minimum Gasteiger partial charge on any atom is -0.314 e. The molecular weight excluding hydrogens is 264 g/mol. The van der Waals surface area contributed by atoms with Gasteiger partial charge < -0.3 is 5.32 Å². The summed E-state index contributed by atoms with van der Waals surface area (Å²) in [6, 6.07) is 3.63. The molecule has 1 rings (SSSR count). The van der Waals surface area contributed by atoms with E-state index in [4.69, 9.17) is 11.6 Å². The SMILES string of the molecule is CCNC(Cc1cc(Cl)c([N+](=O)[O-])cc1C)C(C)C. The number of hydrogen-bond donors (Lipinski definition) is 1. The average Bonchev–Trinajstić information content (AvgIpc) is 2.32. The van der Waals surface area contributed by atoms with E-state index in [2.05, 4.69) is 26.1 Å². The summed E-state index contributed by atoms with van der Waals surface area (Å²) in [5.41, 5.74) is 1.96. The maximum atomic E-state index is 10.8. The van der Waals surface area contributed by atoms with Crippen molar-refractivity contribution in [3.05, 3.63) is 38.4 Å². The number of nitro groups is 1. The van der Waals surface area contributed by atoms with Gasteiger partial charge in [-0.2, -0.15) is 0 Å². The Morgan fingerprint density at radius 2 is 2.05 bits per heavy atom. The highest BCUT2D eigenvalue weighted by atomic mass is 35.5. The summed E-state index contributed by atoms with van der Waals surface area (Å²) in [7, 11) is 0. The number of nitrogens with one attached hydrogen (secondary N) is 1. The number of nitro benzene ring substituents is 1. The molecule has 0 aliphatic carbocycles. The third-order valence-corrected chi connectivity index (χ3v) is 3.62. The highest BCUT2D eigenvalue weighted by molar-refractivity contribution is 6.32. The van der Waals surface area contributed by atoms with Crippen LogP contribution in [-0.2, 0) is 6.42 Å². The second kappa shape index (κ2) is 6.87. The number of rotatable bonds is 6. The number of likely N-dealkylation sites (N-methyl/N-ethyl adjacent to an activating group) is 1. The number of nitrogens with zero attached hydrogens (tertiary/aromatic N) is 1. The molecule has 0 spiro atoms. The van der Waals surface area contributed by atoms with Gasteiger partial charge in [0.2, 0.25) is 0 Å². The topological polar surface area (TPSA) is 55.2 Å². The van der Waals surface area contributed by atoms with Crippen LogP contribution in [0.4, 0.5) is 5.69 Å². The Morgan fingerprint density at radius 1 is 1.42 bits per heavy atom. The molecule has 0 radical (unpaired) electrons. The van der Waals surface area contributed by atoms with E-state index in [0.717, 1.165) is 24.1 Å². The molecule has 5 heteroatoms. The van der Waals surface area contributed by atoms with E-state index in [1.165, 1.54) is 0 Å². The summed E-state index contributed by atoms with van der Waals surface area (Å²) in [5.74, 6) is 0.494. The fraction of sp³-hybridized carbons (Fsp3) is 0.571. The fourth-order valence-electron chi connectivity index (χ4n) is 2.11. The van der Waals surface area contributed by atoms with Crippen LogP contribution in [0.5, 0.6) is 0 Å². The molecule has 0 fully saturated rings. The van der Waals surface area contributed by atoms with Crippen LogP contribution in [0.3, 0.4) is 0 Å². The van der Waals surface area contributed by atoms with Crippen molar-refractivity contribution < 1.29 is 4.92 Å². The molecule has 0 saturated heterocycles. The van der Waals surface area contributed by atoms with Gasteiger partial charge in [0, 0.05) is 12.1 Å². The van der Waals surface area contributed by atoms with Crippen molar-refractivity contribution in [2.45, 2.75) is 40.2 Å². The van der Waals surface area contributed by atoms with Crippen molar-refractivity contribution in [3.8, 4) is 0 Å². The Kier molecular flexibility index (Phi) is 5.76. The van der Waals surface area contributed by atoms with Crippen LogP contribution in [0.15, 0.2) is 12.1 Å². The number of halogens is 1. The summed E-state index contributed by atoms with van der Waals surface area (Å²) >= 11 is 5.97. The summed E-state index contributed by atoms with van der Waals surface area (Å²) in [4.78, 5) is 10.4. The summed E-state index contributed by atoms with van der Waals surface area (Å²) in [5, 5.41) is 14.5. The van der Waals surface area contributed by atoms with Crippen molar-refractivity contribution >= 4 is 17.3 Å². The average molecular weight is 285 g/mol. The Bertz CT molecular complexity index is 461. The van der Waals surface area contributed by atoms with Crippen molar-refractivity contribution in [2.75, 3.05) is 6.54 Å². The van der Waals surface area contributed by atoms with Crippen LogP contribution >= 0.6 is 11.6 Å². The Hall–Kier alpha value is -1.13. The van der Waals surface area contributed by atoms with Crippen LogP contribution in [0, 0.1) is 23.0 Å². The molecule has 0 heterocycles. The van der Waals surface area contributed by atoms with Gasteiger partial charge in [0.15, 0.2) is 0 Å². The molecule has 0 bridgehead atoms. The van der Waals surface area contributed by atoms with Gasteiger partial charge >= 0.3 is 0 Å². The van der Waals surface area contributed by atoms with Gasteiger partial charge in [0.25, 0.3) is 5.69 Å². The van der Waals surface area contributed by atoms with Gasteiger partial charge in [-0.15, -0.1) is 0 Å². The Morgan fingerprint density at radius 3 is 2.53 bits per heavy atom. The van der Waals surface area contributed by atoms with E-state index in [1.54, 1.807) is 12.1 Å². The number of hydrogen-bond acceptors (Lipinski definition) is 3. The first-order valence-electron chi connectivity index (χ1n) is 6.53. The monoisotopic (exact) mass is 284 g/mol. The van der Waals surface area contributed by atoms with Gasteiger partial charge in [0.1, 0.15) is 5.02 Å². The fourth-order valence-corrected chi connectivity index (χ4v) is 2.37. The maximum absolute atomic E-state index is 10.8. The molecule has 1 atom stereocenters. The third-order valence-electron chi connectivity index (χ3n) is 3.31. The summed E-state index contributed by atoms with van der Waals surface area (Å²) in [6.07, 6.45) is 0.828. The standard InChI is InChI=1S/C14H21ClN2O2/c1-5-16-13(9(2)3)8-11-7-12(15)14(17(18)19)6-10(11)4/h6-7,9,13,16H,5,8H2,1-4H3. The molecule has 0 aliphatic rings. The van der Waals surface area contributed by atoms with E-state index in [0.29, 0.717) is 12.0 Å². The zero-order chi connectivity index (χ0) is 14.6. The molecule has 1 aromatic rings. The summed E-state index contributed by atoms with van der Waals surface area (Å²) in [6.45, 7) is 9.20. The molecule has 1 unspecified atom stereocenters. The quantitative estimate of drug-likeness (QED) is 0.639. The van der Waals surface area contributed by atoms with Crippen LogP contribution in [0.2, 0.25) is 5.02 Å². The molecule has 0 saturated carbocycles. The van der Waals surface area contributed by atoms with Crippen LogP contribution < -0.4 is 5.32 Å². The van der Waals surface area contributed by atoms with Crippen molar-refractivity contribution in [3.63, 3.8) is 0 Å². The highest BCUT2D eigenvalue weighted by Gasteiger charge is 2.18.